The van der Waals surface area contributed by atoms with Crippen molar-refractivity contribution in [2.45, 2.75) is 25.7 Å². The predicted molar refractivity (Wildman–Crippen MR) is 87.5 cm³/mol. The molecule has 0 spiro atoms. The highest BCUT2D eigenvalue weighted by Crippen LogP contribution is 2.28. The molecule has 0 saturated carbocycles. The van der Waals surface area contributed by atoms with Crippen molar-refractivity contribution in [2.75, 3.05) is 13.1 Å². The van der Waals surface area contributed by atoms with Crippen molar-refractivity contribution >= 4 is 5.91 Å². The highest BCUT2D eigenvalue weighted by molar-refractivity contribution is 5.79. The molecule has 0 bridgehead atoms. The van der Waals surface area contributed by atoms with Crippen LogP contribution < -0.4 is 0 Å². The molecule has 1 aliphatic heterocycles. The number of likely N-dealkylation sites (tertiary alicyclic amines) is 1. The second-order valence-corrected chi connectivity index (χ2v) is 5.72. The number of aromatic amines is 1. The number of imidazole rings is 1. The molecule has 0 radical (unpaired) electrons. The van der Waals surface area contributed by atoms with Crippen LogP contribution in [0.1, 0.15) is 30.7 Å². The summed E-state index contributed by atoms with van der Waals surface area (Å²) in [4.78, 5) is 21.6. The van der Waals surface area contributed by atoms with Crippen molar-refractivity contribution < 1.29 is 4.79 Å². The van der Waals surface area contributed by atoms with E-state index in [0.717, 1.165) is 23.5 Å². The van der Waals surface area contributed by atoms with Gasteiger partial charge >= 0.3 is 0 Å². The molecule has 1 atom stereocenters. The molecule has 1 aliphatic rings. The second-order valence-electron chi connectivity index (χ2n) is 5.72. The van der Waals surface area contributed by atoms with Gasteiger partial charge in [0.05, 0.1) is 11.9 Å². The van der Waals surface area contributed by atoms with Gasteiger partial charge < -0.3 is 9.88 Å². The average molecular weight is 295 g/mol. The first-order valence-corrected chi connectivity index (χ1v) is 7.74. The number of benzene rings is 1. The van der Waals surface area contributed by atoms with E-state index in [-0.39, 0.29) is 11.8 Å². The quantitative estimate of drug-likeness (QED) is 0.861. The number of aromatic nitrogens is 2. The van der Waals surface area contributed by atoms with E-state index in [1.807, 2.05) is 11.1 Å². The molecule has 1 saturated heterocycles. The summed E-state index contributed by atoms with van der Waals surface area (Å²) in [5.41, 5.74) is 3.46. The number of carbonyl (C=O) groups excluding carboxylic acids is 1. The molecule has 22 heavy (non-hydrogen) atoms. The Morgan fingerprint density at radius 3 is 2.86 bits per heavy atom. The smallest absolute Gasteiger partial charge is 0.223 e. The van der Waals surface area contributed by atoms with E-state index < -0.39 is 0 Å². The molecule has 1 fully saturated rings. The highest BCUT2D eigenvalue weighted by Gasteiger charge is 2.31. The van der Waals surface area contributed by atoms with Crippen LogP contribution in [0.4, 0.5) is 0 Å². The fraction of sp³-hybridized carbons (Fsp3) is 0.333. The molecule has 0 aliphatic carbocycles. The molecule has 1 aromatic heterocycles. The van der Waals surface area contributed by atoms with Crippen molar-refractivity contribution in [1.29, 1.82) is 0 Å². The van der Waals surface area contributed by atoms with Gasteiger partial charge in [-0.15, -0.1) is 6.58 Å². The first-order valence-electron chi connectivity index (χ1n) is 7.74. The minimum atomic E-state index is 0.149. The van der Waals surface area contributed by atoms with E-state index in [1.54, 1.807) is 6.08 Å². The van der Waals surface area contributed by atoms with Gasteiger partial charge in [0, 0.05) is 25.4 Å². The molecule has 1 aromatic carbocycles. The van der Waals surface area contributed by atoms with E-state index in [4.69, 9.17) is 0 Å². The summed E-state index contributed by atoms with van der Waals surface area (Å²) in [6, 6.07) is 8.50. The van der Waals surface area contributed by atoms with Crippen LogP contribution in [0.3, 0.4) is 0 Å². The minimum absolute atomic E-state index is 0.149. The Balaban J connectivity index is 1.76. The van der Waals surface area contributed by atoms with Gasteiger partial charge in [-0.2, -0.15) is 0 Å². The zero-order valence-corrected chi connectivity index (χ0v) is 12.9. The lowest BCUT2D eigenvalue weighted by molar-refractivity contribution is -0.127. The molecule has 0 unspecified atom stereocenters. The summed E-state index contributed by atoms with van der Waals surface area (Å²) in [6.45, 7) is 7.17. The third kappa shape index (κ3) is 2.82. The van der Waals surface area contributed by atoms with Crippen molar-refractivity contribution in [3.63, 3.8) is 0 Å². The average Bonchev–Trinajstić information content (AvgIpc) is 3.15. The first kappa shape index (κ1) is 14.6. The molecule has 4 nitrogen and oxygen atoms in total. The highest BCUT2D eigenvalue weighted by atomic mass is 16.2. The topological polar surface area (TPSA) is 49.0 Å². The zero-order chi connectivity index (χ0) is 15.5. The number of hydrogen-bond acceptors (Lipinski definition) is 2. The lowest BCUT2D eigenvalue weighted by Gasteiger charge is -2.12. The van der Waals surface area contributed by atoms with E-state index >= 15 is 0 Å². The molecule has 1 amide bonds. The van der Waals surface area contributed by atoms with E-state index in [2.05, 4.69) is 47.7 Å². The lowest BCUT2D eigenvalue weighted by Crippen LogP contribution is -2.24. The largest absolute Gasteiger partial charge is 0.342 e. The van der Waals surface area contributed by atoms with Crippen LogP contribution in [-0.2, 0) is 11.2 Å². The van der Waals surface area contributed by atoms with Gasteiger partial charge in [0.1, 0.15) is 5.82 Å². The molecule has 2 heterocycles. The number of carbonyl (C=O) groups is 1. The lowest BCUT2D eigenvalue weighted by atomic mass is 10.1. The number of rotatable bonds is 5. The van der Waals surface area contributed by atoms with Gasteiger partial charge in [-0.1, -0.05) is 37.3 Å². The van der Waals surface area contributed by atoms with Crippen molar-refractivity contribution in [1.82, 2.24) is 14.9 Å². The summed E-state index contributed by atoms with van der Waals surface area (Å²) in [5, 5.41) is 0. The van der Waals surface area contributed by atoms with Crippen LogP contribution in [0, 0.1) is 0 Å². The van der Waals surface area contributed by atoms with Gasteiger partial charge in [-0.3, -0.25) is 4.79 Å². The maximum absolute atomic E-state index is 11.9. The van der Waals surface area contributed by atoms with Crippen LogP contribution in [0.5, 0.6) is 0 Å². The Kier molecular flexibility index (Phi) is 4.09. The number of nitrogens with zero attached hydrogens (tertiary/aromatic N) is 2. The Morgan fingerprint density at radius 1 is 1.41 bits per heavy atom. The van der Waals surface area contributed by atoms with Crippen molar-refractivity contribution in [3.8, 4) is 11.3 Å². The fourth-order valence-electron chi connectivity index (χ4n) is 2.90. The van der Waals surface area contributed by atoms with Gasteiger partial charge in [0.25, 0.3) is 0 Å². The zero-order valence-electron chi connectivity index (χ0n) is 12.9. The maximum Gasteiger partial charge on any atom is 0.223 e. The predicted octanol–water partition coefficient (Wildman–Crippen LogP) is 3.14. The van der Waals surface area contributed by atoms with Crippen LogP contribution in [0.25, 0.3) is 11.3 Å². The SMILES string of the molecule is C=CCN1C[C@H](c2ncc(-c3ccc(CC)cc3)[nH]2)CC1=O. The number of H-pyrrole nitrogens is 1. The normalized spacial score (nSPS) is 18.0. The number of amides is 1. The summed E-state index contributed by atoms with van der Waals surface area (Å²) in [6.07, 6.45) is 5.19. The second kappa shape index (κ2) is 6.18. The van der Waals surface area contributed by atoms with Gasteiger partial charge in [0.15, 0.2) is 0 Å². The number of hydrogen-bond donors (Lipinski definition) is 1. The Bertz CT molecular complexity index is 672. The van der Waals surface area contributed by atoms with Crippen molar-refractivity contribution in [2.24, 2.45) is 0 Å². The Morgan fingerprint density at radius 2 is 2.18 bits per heavy atom. The third-order valence-electron chi connectivity index (χ3n) is 4.22. The van der Waals surface area contributed by atoms with Crippen LogP contribution in [0.2, 0.25) is 0 Å². The molecule has 3 rings (SSSR count). The number of nitrogens with one attached hydrogen (secondary N) is 1. The van der Waals surface area contributed by atoms with Gasteiger partial charge in [-0.25, -0.2) is 4.98 Å². The van der Waals surface area contributed by atoms with Crippen molar-refractivity contribution in [3.05, 3.63) is 54.5 Å². The van der Waals surface area contributed by atoms with E-state index in [9.17, 15) is 4.79 Å². The molecule has 4 heteroatoms. The summed E-state index contributed by atoms with van der Waals surface area (Å²) in [7, 11) is 0. The number of aryl methyl sites for hydroxylation is 1. The molecule has 114 valence electrons. The molecule has 2 aromatic rings. The minimum Gasteiger partial charge on any atom is -0.342 e. The standard InChI is InChI=1S/C18H21N3O/c1-3-9-21-12-15(10-17(21)22)18-19-11-16(20-18)14-7-5-13(4-2)6-8-14/h3,5-8,11,15H,1,4,9-10,12H2,2H3,(H,19,20)/t15-/m1/s1. The molecule has 1 N–H and O–H groups in total. The molecular formula is C18H21N3O. The fourth-order valence-corrected chi connectivity index (χ4v) is 2.90. The summed E-state index contributed by atoms with van der Waals surface area (Å²) < 4.78 is 0. The van der Waals surface area contributed by atoms with Gasteiger partial charge in [0.2, 0.25) is 5.91 Å². The van der Waals surface area contributed by atoms with E-state index in [1.165, 1.54) is 5.56 Å². The summed E-state index contributed by atoms with van der Waals surface area (Å²) >= 11 is 0. The Labute approximate surface area is 130 Å². The van der Waals surface area contributed by atoms with Crippen LogP contribution in [0.15, 0.2) is 43.1 Å². The van der Waals surface area contributed by atoms with Gasteiger partial charge in [-0.05, 0) is 17.5 Å². The monoisotopic (exact) mass is 295 g/mol. The van der Waals surface area contributed by atoms with Crippen LogP contribution >= 0.6 is 0 Å². The molecular weight excluding hydrogens is 274 g/mol. The van der Waals surface area contributed by atoms with Crippen LogP contribution in [-0.4, -0.2) is 33.9 Å². The summed E-state index contributed by atoms with van der Waals surface area (Å²) in [5.74, 6) is 1.22. The van der Waals surface area contributed by atoms with E-state index in [0.29, 0.717) is 19.5 Å². The third-order valence-corrected chi connectivity index (χ3v) is 4.22. The maximum atomic E-state index is 11.9. The Hall–Kier alpha value is -2.36. The first-order chi connectivity index (χ1) is 10.7.